The van der Waals surface area contributed by atoms with E-state index in [-0.39, 0.29) is 12.1 Å². The quantitative estimate of drug-likeness (QED) is 0.761. The molecule has 6 nitrogen and oxygen atoms in total. The first-order chi connectivity index (χ1) is 8.66. The van der Waals surface area contributed by atoms with Gasteiger partial charge in [-0.25, -0.2) is 4.79 Å². The normalized spacial score (nSPS) is 28.8. The van der Waals surface area contributed by atoms with E-state index < -0.39 is 11.9 Å². The molecule has 0 aromatic carbocycles. The van der Waals surface area contributed by atoms with Crippen LogP contribution in [0.25, 0.3) is 0 Å². The van der Waals surface area contributed by atoms with Crippen LogP contribution in [-0.2, 0) is 9.53 Å². The number of piperidine rings is 1. The Balaban J connectivity index is 1.82. The van der Waals surface area contributed by atoms with Crippen LogP contribution in [0.4, 0.5) is 4.79 Å². The number of likely N-dealkylation sites (tertiary alicyclic amines) is 1. The molecule has 0 aromatic heterocycles. The second kappa shape index (κ2) is 6.04. The maximum absolute atomic E-state index is 12.0. The lowest BCUT2D eigenvalue weighted by Gasteiger charge is -2.33. The molecule has 2 atom stereocenters. The van der Waals surface area contributed by atoms with E-state index in [4.69, 9.17) is 9.84 Å². The Kier molecular flexibility index (Phi) is 4.41. The van der Waals surface area contributed by atoms with Gasteiger partial charge < -0.3 is 20.1 Å². The summed E-state index contributed by atoms with van der Waals surface area (Å²) >= 11 is 0. The van der Waals surface area contributed by atoms with Crippen LogP contribution in [0.15, 0.2) is 0 Å². The summed E-state index contributed by atoms with van der Waals surface area (Å²) in [5, 5.41) is 11.9. The molecule has 0 bridgehead atoms. The third-order valence-electron chi connectivity index (χ3n) is 3.55. The number of rotatable bonds is 2. The molecule has 2 amide bonds. The lowest BCUT2D eigenvalue weighted by Crippen LogP contribution is -2.51. The molecule has 6 heteroatoms. The molecule has 2 aliphatic heterocycles. The number of amides is 2. The molecule has 2 aliphatic rings. The summed E-state index contributed by atoms with van der Waals surface area (Å²) in [6.07, 6.45) is 3.31. The van der Waals surface area contributed by atoms with Crippen LogP contribution < -0.4 is 5.32 Å². The van der Waals surface area contributed by atoms with Crippen molar-refractivity contribution in [2.24, 2.45) is 5.92 Å². The van der Waals surface area contributed by atoms with Gasteiger partial charge in [-0.15, -0.1) is 0 Å². The van der Waals surface area contributed by atoms with Gasteiger partial charge in [-0.2, -0.15) is 0 Å². The Morgan fingerprint density at radius 2 is 2.11 bits per heavy atom. The van der Waals surface area contributed by atoms with E-state index in [1.807, 2.05) is 0 Å². The van der Waals surface area contributed by atoms with Gasteiger partial charge in [0.05, 0.1) is 18.6 Å². The van der Waals surface area contributed by atoms with Gasteiger partial charge in [0, 0.05) is 19.7 Å². The lowest BCUT2D eigenvalue weighted by atomic mass is 9.98. The number of urea groups is 1. The minimum Gasteiger partial charge on any atom is -0.481 e. The Hall–Kier alpha value is -1.30. The van der Waals surface area contributed by atoms with E-state index in [2.05, 4.69) is 5.32 Å². The fourth-order valence-electron chi connectivity index (χ4n) is 2.48. The number of aliphatic carboxylic acids is 1. The van der Waals surface area contributed by atoms with Gasteiger partial charge in [0.2, 0.25) is 0 Å². The van der Waals surface area contributed by atoms with Gasteiger partial charge in [0.25, 0.3) is 0 Å². The van der Waals surface area contributed by atoms with Crippen LogP contribution in [0.5, 0.6) is 0 Å². The maximum atomic E-state index is 12.0. The van der Waals surface area contributed by atoms with Crippen LogP contribution in [0.1, 0.15) is 25.7 Å². The fourth-order valence-corrected chi connectivity index (χ4v) is 2.48. The van der Waals surface area contributed by atoms with Crippen molar-refractivity contribution >= 4 is 12.0 Å². The van der Waals surface area contributed by atoms with Crippen molar-refractivity contribution in [1.29, 1.82) is 0 Å². The number of ether oxygens (including phenoxy) is 1. The molecule has 2 fully saturated rings. The second-order valence-electron chi connectivity index (χ2n) is 4.99. The molecule has 0 saturated carbocycles. The summed E-state index contributed by atoms with van der Waals surface area (Å²) in [5.74, 6) is -1.24. The smallest absolute Gasteiger partial charge is 0.317 e. The van der Waals surface area contributed by atoms with Crippen molar-refractivity contribution in [3.8, 4) is 0 Å². The highest BCUT2D eigenvalue weighted by Gasteiger charge is 2.29. The molecule has 2 saturated heterocycles. The summed E-state index contributed by atoms with van der Waals surface area (Å²) in [7, 11) is 0. The van der Waals surface area contributed by atoms with Gasteiger partial charge in [0.1, 0.15) is 0 Å². The first-order valence-electron chi connectivity index (χ1n) is 6.53. The van der Waals surface area contributed by atoms with Crippen LogP contribution in [-0.4, -0.2) is 54.4 Å². The van der Waals surface area contributed by atoms with Crippen LogP contribution in [0.3, 0.4) is 0 Å². The molecule has 2 rings (SSSR count). The first-order valence-corrected chi connectivity index (χ1v) is 6.53. The summed E-state index contributed by atoms with van der Waals surface area (Å²) in [5.41, 5.74) is 0. The average Bonchev–Trinajstić information content (AvgIpc) is 2.40. The molecule has 0 radical (unpaired) electrons. The maximum Gasteiger partial charge on any atom is 0.317 e. The van der Waals surface area contributed by atoms with E-state index in [9.17, 15) is 9.59 Å². The Labute approximate surface area is 106 Å². The summed E-state index contributed by atoms with van der Waals surface area (Å²) in [6, 6.07) is -0.0899. The number of nitrogens with one attached hydrogen (secondary N) is 1. The Morgan fingerprint density at radius 1 is 1.28 bits per heavy atom. The van der Waals surface area contributed by atoms with Crippen molar-refractivity contribution in [2.45, 2.75) is 31.7 Å². The highest BCUT2D eigenvalue weighted by Crippen LogP contribution is 2.17. The first kappa shape index (κ1) is 13.1. The van der Waals surface area contributed by atoms with Gasteiger partial charge in [-0.3, -0.25) is 4.79 Å². The number of carbonyl (C=O) groups excluding carboxylic acids is 1. The molecule has 0 aromatic rings. The Morgan fingerprint density at radius 3 is 2.78 bits per heavy atom. The summed E-state index contributed by atoms with van der Waals surface area (Å²) in [4.78, 5) is 24.5. The van der Waals surface area contributed by atoms with E-state index >= 15 is 0 Å². The van der Waals surface area contributed by atoms with Gasteiger partial charge in [0.15, 0.2) is 0 Å². The average molecular weight is 256 g/mol. The van der Waals surface area contributed by atoms with Crippen LogP contribution in [0.2, 0.25) is 0 Å². The molecule has 0 spiro atoms. The molecule has 0 aliphatic carbocycles. The molecule has 1 unspecified atom stereocenters. The van der Waals surface area contributed by atoms with Gasteiger partial charge in [-0.05, 0) is 25.7 Å². The number of carboxylic acids is 1. The minimum absolute atomic E-state index is 0.0662. The number of nitrogens with zero attached hydrogens (tertiary/aromatic N) is 1. The van der Waals surface area contributed by atoms with E-state index in [1.54, 1.807) is 4.90 Å². The van der Waals surface area contributed by atoms with E-state index in [1.165, 1.54) is 0 Å². The third kappa shape index (κ3) is 3.35. The lowest BCUT2D eigenvalue weighted by molar-refractivity contribution is -0.143. The SMILES string of the molecule is O=C(O)C1CCCN(C(=O)N[C@H]2CCCOC2)C1. The molecular formula is C12H20N2O4. The third-order valence-corrected chi connectivity index (χ3v) is 3.55. The number of hydrogen-bond donors (Lipinski definition) is 2. The summed E-state index contributed by atoms with van der Waals surface area (Å²) < 4.78 is 5.30. The van der Waals surface area contributed by atoms with Crippen LogP contribution in [0, 0.1) is 5.92 Å². The molecule has 102 valence electrons. The largest absolute Gasteiger partial charge is 0.481 e. The predicted molar refractivity (Wildman–Crippen MR) is 64.3 cm³/mol. The van der Waals surface area contributed by atoms with Crippen molar-refractivity contribution in [1.82, 2.24) is 10.2 Å². The van der Waals surface area contributed by atoms with E-state index in [0.717, 1.165) is 25.9 Å². The standard InChI is InChI=1S/C12H20N2O4/c15-11(16)9-3-1-5-14(7-9)12(17)13-10-4-2-6-18-8-10/h9-10H,1-8H2,(H,13,17)(H,15,16)/t9?,10-/m0/s1. The van der Waals surface area contributed by atoms with Gasteiger partial charge >= 0.3 is 12.0 Å². The number of carbonyl (C=O) groups is 2. The second-order valence-corrected chi connectivity index (χ2v) is 4.99. The zero-order chi connectivity index (χ0) is 13.0. The highest BCUT2D eigenvalue weighted by molar-refractivity contribution is 5.76. The fraction of sp³-hybridized carbons (Fsp3) is 0.833. The topological polar surface area (TPSA) is 78.9 Å². The minimum atomic E-state index is -0.812. The molecular weight excluding hydrogens is 236 g/mol. The number of carboxylic acid groups (broad SMARTS) is 1. The monoisotopic (exact) mass is 256 g/mol. The van der Waals surface area contributed by atoms with Crippen molar-refractivity contribution in [3.05, 3.63) is 0 Å². The zero-order valence-electron chi connectivity index (χ0n) is 10.4. The summed E-state index contributed by atoms with van der Waals surface area (Å²) in [6.45, 7) is 2.27. The van der Waals surface area contributed by atoms with Crippen molar-refractivity contribution in [3.63, 3.8) is 0 Å². The highest BCUT2D eigenvalue weighted by atomic mass is 16.5. The molecule has 2 heterocycles. The number of hydrogen-bond acceptors (Lipinski definition) is 3. The zero-order valence-corrected chi connectivity index (χ0v) is 10.4. The van der Waals surface area contributed by atoms with Crippen molar-refractivity contribution < 1.29 is 19.4 Å². The molecule has 18 heavy (non-hydrogen) atoms. The molecule has 2 N–H and O–H groups in total. The van der Waals surface area contributed by atoms with Crippen LogP contribution >= 0.6 is 0 Å². The van der Waals surface area contributed by atoms with Crippen molar-refractivity contribution in [2.75, 3.05) is 26.3 Å². The Bertz CT molecular complexity index is 315. The van der Waals surface area contributed by atoms with Gasteiger partial charge in [-0.1, -0.05) is 0 Å². The van der Waals surface area contributed by atoms with E-state index in [0.29, 0.717) is 26.1 Å². The predicted octanol–water partition coefficient (Wildman–Crippen LogP) is 0.672.